The fourth-order valence-corrected chi connectivity index (χ4v) is 4.33. The second-order valence-corrected chi connectivity index (χ2v) is 8.37. The third-order valence-electron chi connectivity index (χ3n) is 6.08. The third-order valence-corrected chi connectivity index (χ3v) is 6.08. The highest BCUT2D eigenvalue weighted by Gasteiger charge is 2.25. The van der Waals surface area contributed by atoms with Gasteiger partial charge in [-0.15, -0.1) is 0 Å². The second kappa shape index (κ2) is 8.75. The highest BCUT2D eigenvalue weighted by molar-refractivity contribution is 5.62. The molecule has 1 aromatic heterocycles. The maximum atomic E-state index is 9.84. The number of fused-ring (bicyclic) bond motifs is 1. The van der Waals surface area contributed by atoms with E-state index in [1.165, 1.54) is 47.9 Å². The molecule has 30 heavy (non-hydrogen) atoms. The summed E-state index contributed by atoms with van der Waals surface area (Å²) in [5.74, 6) is 0.913. The van der Waals surface area contributed by atoms with E-state index in [1.54, 1.807) is 0 Å². The minimum atomic E-state index is 0.676. The molecule has 0 N–H and O–H groups in total. The summed E-state index contributed by atoms with van der Waals surface area (Å²) < 4.78 is 1.94. The monoisotopic (exact) mass is 398 g/mol. The Kier molecular flexibility index (Phi) is 5.90. The summed E-state index contributed by atoms with van der Waals surface area (Å²) in [5.41, 5.74) is 7.94. The van der Waals surface area contributed by atoms with Gasteiger partial charge in [0.15, 0.2) is 5.82 Å². The van der Waals surface area contributed by atoms with E-state index in [1.807, 2.05) is 11.6 Å². The Labute approximate surface area is 179 Å². The van der Waals surface area contributed by atoms with Gasteiger partial charge in [-0.05, 0) is 61.9 Å². The van der Waals surface area contributed by atoms with Crippen molar-refractivity contribution in [2.24, 2.45) is 0 Å². The summed E-state index contributed by atoms with van der Waals surface area (Å²) in [5, 5.41) is 14.6. The van der Waals surface area contributed by atoms with Crippen LogP contribution in [0, 0.1) is 25.2 Å². The van der Waals surface area contributed by atoms with Crippen LogP contribution in [0.25, 0.3) is 5.69 Å². The van der Waals surface area contributed by atoms with Gasteiger partial charge in [0.05, 0.1) is 11.4 Å². The molecule has 2 aromatic carbocycles. The zero-order valence-corrected chi connectivity index (χ0v) is 18.3. The molecule has 0 spiro atoms. The van der Waals surface area contributed by atoms with Gasteiger partial charge in [-0.3, -0.25) is 0 Å². The van der Waals surface area contributed by atoms with Gasteiger partial charge >= 0.3 is 0 Å². The van der Waals surface area contributed by atoms with Crippen molar-refractivity contribution in [3.63, 3.8) is 0 Å². The minimum absolute atomic E-state index is 0.676. The zero-order chi connectivity index (χ0) is 21.1. The third kappa shape index (κ3) is 3.98. The van der Waals surface area contributed by atoms with Crippen molar-refractivity contribution in [2.45, 2.75) is 59.4 Å². The van der Waals surface area contributed by atoms with Crippen molar-refractivity contribution in [2.75, 3.05) is 11.4 Å². The molecule has 0 saturated carbocycles. The Balaban J connectivity index is 1.64. The van der Waals surface area contributed by atoms with E-state index >= 15 is 0 Å². The number of nitriles is 1. The molecule has 0 radical (unpaired) electrons. The SMILES string of the molecule is CCCCCc1ccc2c(c1)CCN(c1c(C#N)c(C)nn1-c1ccc(C)cc1)C2. The quantitative estimate of drug-likeness (QED) is 0.504. The van der Waals surface area contributed by atoms with E-state index in [2.05, 4.69) is 67.3 Å². The molecular weight excluding hydrogens is 368 g/mol. The van der Waals surface area contributed by atoms with Gasteiger partial charge in [0, 0.05) is 13.1 Å². The van der Waals surface area contributed by atoms with Gasteiger partial charge < -0.3 is 4.90 Å². The molecule has 0 atom stereocenters. The topological polar surface area (TPSA) is 44.9 Å². The van der Waals surface area contributed by atoms with Gasteiger partial charge in [0.2, 0.25) is 0 Å². The molecule has 4 heteroatoms. The molecular formula is C26H30N4. The largest absolute Gasteiger partial charge is 0.351 e. The summed E-state index contributed by atoms with van der Waals surface area (Å²) >= 11 is 0. The summed E-state index contributed by atoms with van der Waals surface area (Å²) in [6, 6.07) is 17.7. The van der Waals surface area contributed by atoms with Gasteiger partial charge in [-0.25, -0.2) is 4.68 Å². The molecule has 0 saturated heterocycles. The highest BCUT2D eigenvalue weighted by atomic mass is 15.4. The first-order valence-electron chi connectivity index (χ1n) is 11.0. The van der Waals surface area contributed by atoms with Crippen molar-refractivity contribution in [1.29, 1.82) is 5.26 Å². The van der Waals surface area contributed by atoms with Crippen molar-refractivity contribution in [3.8, 4) is 11.8 Å². The van der Waals surface area contributed by atoms with E-state index in [0.717, 1.165) is 36.7 Å². The van der Waals surface area contributed by atoms with E-state index in [-0.39, 0.29) is 0 Å². The van der Waals surface area contributed by atoms with Crippen LogP contribution in [0.15, 0.2) is 42.5 Å². The molecule has 0 unspecified atom stereocenters. The maximum Gasteiger partial charge on any atom is 0.151 e. The van der Waals surface area contributed by atoms with Crippen LogP contribution in [0.2, 0.25) is 0 Å². The zero-order valence-electron chi connectivity index (χ0n) is 18.3. The van der Waals surface area contributed by atoms with E-state index in [0.29, 0.717) is 5.56 Å². The number of unbranched alkanes of at least 4 members (excludes halogenated alkanes) is 2. The first kappa shape index (κ1) is 20.2. The Morgan fingerprint density at radius 1 is 1.03 bits per heavy atom. The number of hydrogen-bond donors (Lipinski definition) is 0. The molecule has 0 fully saturated rings. The number of anilines is 1. The Bertz CT molecular complexity index is 1070. The summed E-state index contributed by atoms with van der Waals surface area (Å²) in [4.78, 5) is 2.32. The summed E-state index contributed by atoms with van der Waals surface area (Å²) in [6.45, 7) is 7.97. The van der Waals surface area contributed by atoms with Crippen molar-refractivity contribution >= 4 is 5.82 Å². The minimum Gasteiger partial charge on any atom is -0.351 e. The fourth-order valence-electron chi connectivity index (χ4n) is 4.33. The molecule has 0 amide bonds. The second-order valence-electron chi connectivity index (χ2n) is 8.37. The summed E-state index contributed by atoms with van der Waals surface area (Å²) in [6.07, 6.45) is 5.99. The molecule has 2 heterocycles. The molecule has 4 nitrogen and oxygen atoms in total. The van der Waals surface area contributed by atoms with Crippen LogP contribution in [0.5, 0.6) is 0 Å². The van der Waals surface area contributed by atoms with Crippen LogP contribution in [-0.4, -0.2) is 16.3 Å². The maximum absolute atomic E-state index is 9.84. The number of benzene rings is 2. The first-order chi connectivity index (χ1) is 14.6. The normalized spacial score (nSPS) is 13.2. The lowest BCUT2D eigenvalue weighted by Crippen LogP contribution is -2.32. The first-order valence-corrected chi connectivity index (χ1v) is 11.0. The molecule has 1 aliphatic heterocycles. The smallest absolute Gasteiger partial charge is 0.151 e. The van der Waals surface area contributed by atoms with Crippen molar-refractivity contribution in [3.05, 3.63) is 76.0 Å². The van der Waals surface area contributed by atoms with Gasteiger partial charge in [-0.2, -0.15) is 10.4 Å². The lowest BCUT2D eigenvalue weighted by molar-refractivity contribution is 0.691. The van der Waals surface area contributed by atoms with E-state index in [9.17, 15) is 5.26 Å². The number of nitrogens with zero attached hydrogens (tertiary/aromatic N) is 4. The van der Waals surface area contributed by atoms with Gasteiger partial charge in [-0.1, -0.05) is 55.7 Å². The number of rotatable bonds is 6. The summed E-state index contributed by atoms with van der Waals surface area (Å²) in [7, 11) is 0. The van der Waals surface area contributed by atoms with Gasteiger partial charge in [0.25, 0.3) is 0 Å². The predicted molar refractivity (Wildman–Crippen MR) is 122 cm³/mol. The fraction of sp³-hybridized carbons (Fsp3) is 0.385. The number of aromatic nitrogens is 2. The Morgan fingerprint density at radius 3 is 2.57 bits per heavy atom. The van der Waals surface area contributed by atoms with E-state index in [4.69, 9.17) is 5.10 Å². The van der Waals surface area contributed by atoms with Crippen LogP contribution in [0.1, 0.15) is 59.7 Å². The standard InChI is InChI=1S/C26H30N4/c1-4-5-6-7-21-10-11-23-18-29(15-14-22(23)16-21)26-25(17-27)20(3)28-30(26)24-12-8-19(2)9-13-24/h8-13,16H,4-7,14-15,18H2,1-3H3. The van der Waals surface area contributed by atoms with E-state index < -0.39 is 0 Å². The van der Waals surface area contributed by atoms with Crippen molar-refractivity contribution in [1.82, 2.24) is 9.78 Å². The van der Waals surface area contributed by atoms with Crippen LogP contribution in [-0.2, 0) is 19.4 Å². The van der Waals surface area contributed by atoms with Crippen LogP contribution < -0.4 is 4.90 Å². The Hall–Kier alpha value is -3.06. The van der Waals surface area contributed by atoms with Crippen LogP contribution in [0.3, 0.4) is 0 Å². The molecule has 0 aliphatic carbocycles. The van der Waals surface area contributed by atoms with Crippen molar-refractivity contribution < 1.29 is 0 Å². The average molecular weight is 399 g/mol. The molecule has 4 rings (SSSR count). The van der Waals surface area contributed by atoms with Crippen LogP contribution >= 0.6 is 0 Å². The molecule has 0 bridgehead atoms. The lowest BCUT2D eigenvalue weighted by atomic mass is 9.95. The van der Waals surface area contributed by atoms with Crippen LogP contribution in [0.4, 0.5) is 5.82 Å². The predicted octanol–water partition coefficient (Wildman–Crippen LogP) is 5.66. The highest BCUT2D eigenvalue weighted by Crippen LogP contribution is 2.31. The average Bonchev–Trinajstić information content (AvgIpc) is 3.10. The van der Waals surface area contributed by atoms with Gasteiger partial charge in [0.1, 0.15) is 11.6 Å². The number of hydrogen-bond acceptors (Lipinski definition) is 3. The Morgan fingerprint density at radius 2 is 1.83 bits per heavy atom. The molecule has 154 valence electrons. The molecule has 1 aliphatic rings. The number of aryl methyl sites for hydroxylation is 3. The lowest BCUT2D eigenvalue weighted by Gasteiger charge is -2.31. The molecule has 3 aromatic rings.